The van der Waals surface area contributed by atoms with Gasteiger partial charge in [-0.05, 0) is 39.0 Å². The number of benzene rings is 1. The van der Waals surface area contributed by atoms with Crippen molar-refractivity contribution in [2.24, 2.45) is 0 Å². The smallest absolute Gasteiger partial charge is 0.141 e. The summed E-state index contributed by atoms with van der Waals surface area (Å²) in [5.74, 6) is 1.50. The number of fused-ring (bicyclic) bond motifs is 3. The Hall–Kier alpha value is -2.53. The van der Waals surface area contributed by atoms with Gasteiger partial charge >= 0.3 is 0 Å². The van der Waals surface area contributed by atoms with Crippen molar-refractivity contribution in [3.8, 4) is 16.9 Å². The number of methoxy groups -OCH3 is 1. The zero-order valence-corrected chi connectivity index (χ0v) is 14.6. The molecule has 122 valence electrons. The van der Waals surface area contributed by atoms with Crippen molar-refractivity contribution in [3.05, 3.63) is 41.5 Å². The summed E-state index contributed by atoms with van der Waals surface area (Å²) in [6, 6.07) is 5.99. The molecule has 0 atom stereocenters. The summed E-state index contributed by atoms with van der Waals surface area (Å²) in [4.78, 5) is 4.39. The topological polar surface area (TPSA) is 53.1 Å². The molecule has 0 N–H and O–H groups in total. The number of ether oxygens (including phenoxy) is 1. The first kappa shape index (κ1) is 15.0. The van der Waals surface area contributed by atoms with E-state index in [9.17, 15) is 0 Å². The molecule has 1 aromatic carbocycles. The molecule has 0 fully saturated rings. The highest BCUT2D eigenvalue weighted by molar-refractivity contribution is 6.26. The average Bonchev–Trinajstić information content (AvgIpc) is 3.04. The van der Waals surface area contributed by atoms with Gasteiger partial charge in [0.25, 0.3) is 0 Å². The molecule has 0 saturated heterocycles. The van der Waals surface area contributed by atoms with Crippen LogP contribution in [-0.4, -0.2) is 21.3 Å². The standard InChI is InChI=1S/C18H16ClN3O2/c1-9-5-15-14(8-20-9)12-7-17(23-4)13(6-16(12)22(15)19)18-10(2)21-24-11(18)3/h5-8H,1-4H3. The molecule has 3 aromatic heterocycles. The molecule has 0 saturated carbocycles. The lowest BCUT2D eigenvalue weighted by Crippen LogP contribution is -1.91. The Morgan fingerprint density at radius 1 is 1.08 bits per heavy atom. The Morgan fingerprint density at radius 2 is 1.83 bits per heavy atom. The zero-order valence-electron chi connectivity index (χ0n) is 13.8. The zero-order chi connectivity index (χ0) is 17.0. The van der Waals surface area contributed by atoms with Crippen LogP contribution in [0.15, 0.2) is 28.9 Å². The first-order valence-corrected chi connectivity index (χ1v) is 7.93. The first-order chi connectivity index (χ1) is 11.5. The van der Waals surface area contributed by atoms with E-state index >= 15 is 0 Å². The second kappa shape index (κ2) is 5.24. The quantitative estimate of drug-likeness (QED) is 0.526. The highest BCUT2D eigenvalue weighted by Crippen LogP contribution is 2.40. The van der Waals surface area contributed by atoms with Crippen LogP contribution in [0.25, 0.3) is 32.9 Å². The molecule has 24 heavy (non-hydrogen) atoms. The fourth-order valence-corrected chi connectivity index (χ4v) is 3.50. The molecule has 4 rings (SSSR count). The van der Waals surface area contributed by atoms with E-state index in [1.807, 2.05) is 45.2 Å². The summed E-state index contributed by atoms with van der Waals surface area (Å²) in [5, 5.41) is 6.04. The monoisotopic (exact) mass is 341 g/mol. The molecule has 4 aromatic rings. The molecule has 0 aliphatic carbocycles. The van der Waals surface area contributed by atoms with E-state index in [-0.39, 0.29) is 0 Å². The van der Waals surface area contributed by atoms with E-state index in [1.54, 1.807) is 11.2 Å². The van der Waals surface area contributed by atoms with Gasteiger partial charge < -0.3 is 9.26 Å². The maximum absolute atomic E-state index is 6.58. The number of hydrogen-bond donors (Lipinski definition) is 0. The lowest BCUT2D eigenvalue weighted by atomic mass is 10.0. The molecule has 0 bridgehead atoms. The lowest BCUT2D eigenvalue weighted by molar-refractivity contribution is 0.393. The molecule has 6 heteroatoms. The largest absolute Gasteiger partial charge is 0.496 e. The van der Waals surface area contributed by atoms with E-state index in [4.69, 9.17) is 21.0 Å². The van der Waals surface area contributed by atoms with E-state index in [0.29, 0.717) is 0 Å². The third-order valence-corrected chi connectivity index (χ3v) is 4.72. The molecule has 3 heterocycles. The lowest BCUT2D eigenvalue weighted by Gasteiger charge is -2.09. The maximum Gasteiger partial charge on any atom is 0.141 e. The summed E-state index contributed by atoms with van der Waals surface area (Å²) >= 11 is 6.58. The highest BCUT2D eigenvalue weighted by Gasteiger charge is 2.20. The minimum atomic E-state index is 0.750. The molecule has 0 unspecified atom stereocenters. The van der Waals surface area contributed by atoms with Crippen molar-refractivity contribution in [1.82, 2.24) is 14.2 Å². The van der Waals surface area contributed by atoms with Crippen LogP contribution in [0.3, 0.4) is 0 Å². The summed E-state index contributed by atoms with van der Waals surface area (Å²) < 4.78 is 12.6. The Balaban J connectivity index is 2.13. The molecule has 0 amide bonds. The van der Waals surface area contributed by atoms with Gasteiger partial charge in [-0.1, -0.05) is 5.16 Å². The Morgan fingerprint density at radius 3 is 2.50 bits per heavy atom. The highest BCUT2D eigenvalue weighted by atomic mass is 35.5. The van der Waals surface area contributed by atoms with Crippen LogP contribution in [0.5, 0.6) is 5.75 Å². The number of hydrogen-bond acceptors (Lipinski definition) is 4. The van der Waals surface area contributed by atoms with E-state index in [1.165, 1.54) is 0 Å². The van der Waals surface area contributed by atoms with Crippen LogP contribution in [-0.2, 0) is 0 Å². The summed E-state index contributed by atoms with van der Waals surface area (Å²) in [6.45, 7) is 5.76. The van der Waals surface area contributed by atoms with E-state index in [0.717, 1.165) is 55.8 Å². The number of nitrogens with zero attached hydrogens (tertiary/aromatic N) is 3. The van der Waals surface area contributed by atoms with Gasteiger partial charge in [0.1, 0.15) is 11.5 Å². The van der Waals surface area contributed by atoms with Crippen molar-refractivity contribution in [3.63, 3.8) is 0 Å². The van der Waals surface area contributed by atoms with Gasteiger partial charge in [0.05, 0.1) is 29.4 Å². The van der Waals surface area contributed by atoms with Crippen LogP contribution >= 0.6 is 11.8 Å². The Kier molecular flexibility index (Phi) is 3.28. The molecular formula is C18H16ClN3O2. The van der Waals surface area contributed by atoms with Crippen molar-refractivity contribution in [2.45, 2.75) is 20.8 Å². The Labute approximate surface area is 143 Å². The number of halogens is 1. The maximum atomic E-state index is 6.58. The van der Waals surface area contributed by atoms with Crippen molar-refractivity contribution in [2.75, 3.05) is 7.11 Å². The third kappa shape index (κ3) is 2.01. The molecule has 0 radical (unpaired) electrons. The molecule has 5 nitrogen and oxygen atoms in total. The average molecular weight is 342 g/mol. The molecule has 0 spiro atoms. The van der Waals surface area contributed by atoms with Crippen LogP contribution in [0.1, 0.15) is 17.1 Å². The SMILES string of the molecule is COc1cc2c3cnc(C)cc3n(Cl)c2cc1-c1c(C)noc1C. The van der Waals surface area contributed by atoms with E-state index < -0.39 is 0 Å². The predicted molar refractivity (Wildman–Crippen MR) is 94.8 cm³/mol. The second-order valence-electron chi connectivity index (χ2n) is 5.89. The van der Waals surface area contributed by atoms with Crippen molar-refractivity contribution >= 4 is 33.6 Å². The molecule has 0 aliphatic heterocycles. The van der Waals surface area contributed by atoms with Gasteiger partial charge in [0, 0.05) is 40.0 Å². The van der Waals surface area contributed by atoms with Crippen LogP contribution in [0, 0.1) is 20.8 Å². The number of rotatable bonds is 2. The number of aromatic nitrogens is 3. The molecule has 0 aliphatic rings. The minimum absolute atomic E-state index is 0.750. The second-order valence-corrected chi connectivity index (χ2v) is 6.23. The minimum Gasteiger partial charge on any atom is -0.496 e. The van der Waals surface area contributed by atoms with Gasteiger partial charge in [-0.3, -0.25) is 9.07 Å². The van der Waals surface area contributed by atoms with Crippen LogP contribution in [0.2, 0.25) is 0 Å². The molecular weight excluding hydrogens is 326 g/mol. The van der Waals surface area contributed by atoms with Crippen LogP contribution in [0.4, 0.5) is 0 Å². The van der Waals surface area contributed by atoms with Crippen molar-refractivity contribution in [1.29, 1.82) is 0 Å². The predicted octanol–water partition coefficient (Wildman–Crippen LogP) is 4.78. The fraction of sp³-hybridized carbons (Fsp3) is 0.222. The summed E-state index contributed by atoms with van der Waals surface area (Å²) in [7, 11) is 1.66. The van der Waals surface area contributed by atoms with Gasteiger partial charge in [0.15, 0.2) is 0 Å². The first-order valence-electron chi connectivity index (χ1n) is 7.59. The summed E-state index contributed by atoms with van der Waals surface area (Å²) in [5.41, 5.74) is 5.41. The number of aryl methyl sites for hydroxylation is 3. The Bertz CT molecular complexity index is 1080. The van der Waals surface area contributed by atoms with Gasteiger partial charge in [-0.15, -0.1) is 0 Å². The third-order valence-electron chi connectivity index (χ3n) is 4.35. The fourth-order valence-electron chi connectivity index (χ4n) is 3.22. The van der Waals surface area contributed by atoms with Gasteiger partial charge in [0.2, 0.25) is 0 Å². The summed E-state index contributed by atoms with van der Waals surface area (Å²) in [6.07, 6.45) is 1.85. The van der Waals surface area contributed by atoms with Gasteiger partial charge in [-0.2, -0.15) is 0 Å². The van der Waals surface area contributed by atoms with Crippen LogP contribution < -0.4 is 4.74 Å². The van der Waals surface area contributed by atoms with Crippen molar-refractivity contribution < 1.29 is 9.26 Å². The number of pyridine rings is 1. The van der Waals surface area contributed by atoms with E-state index in [2.05, 4.69) is 10.1 Å². The van der Waals surface area contributed by atoms with Gasteiger partial charge in [-0.25, -0.2) is 0 Å². The normalized spacial score (nSPS) is 11.5.